The second-order valence-electron chi connectivity index (χ2n) is 4.18. The highest BCUT2D eigenvalue weighted by molar-refractivity contribution is 9.10. The van der Waals surface area contributed by atoms with Crippen LogP contribution in [0.25, 0.3) is 0 Å². The minimum atomic E-state index is -1.14. The van der Waals surface area contributed by atoms with Crippen molar-refractivity contribution in [1.29, 1.82) is 0 Å². The van der Waals surface area contributed by atoms with Crippen molar-refractivity contribution in [2.45, 2.75) is 6.04 Å². The van der Waals surface area contributed by atoms with Crippen LogP contribution in [-0.2, 0) is 9.53 Å². The van der Waals surface area contributed by atoms with E-state index in [0.717, 1.165) is 11.0 Å². The maximum absolute atomic E-state index is 13.4. The fourth-order valence-corrected chi connectivity index (χ4v) is 2.07. The number of hydrogen-bond acceptors (Lipinski definition) is 3. The number of benzene rings is 1. The maximum atomic E-state index is 13.4. The topological polar surface area (TPSA) is 78.9 Å². The molecule has 0 saturated carbocycles. The summed E-state index contributed by atoms with van der Waals surface area (Å²) in [5.41, 5.74) is 0.256. The highest BCUT2D eigenvalue weighted by atomic mass is 79.9. The molecule has 20 heavy (non-hydrogen) atoms. The summed E-state index contributed by atoms with van der Waals surface area (Å²) < 4.78 is 18.7. The second-order valence-corrected chi connectivity index (χ2v) is 5.04. The van der Waals surface area contributed by atoms with Crippen LogP contribution in [0.3, 0.4) is 0 Å². The number of morpholine rings is 1. The van der Waals surface area contributed by atoms with Crippen molar-refractivity contribution in [1.82, 2.24) is 4.90 Å². The van der Waals surface area contributed by atoms with Gasteiger partial charge in [-0.3, -0.25) is 0 Å². The van der Waals surface area contributed by atoms with Crippen LogP contribution in [-0.4, -0.2) is 47.8 Å². The van der Waals surface area contributed by atoms with Gasteiger partial charge >= 0.3 is 12.0 Å². The van der Waals surface area contributed by atoms with Gasteiger partial charge in [0.2, 0.25) is 0 Å². The van der Waals surface area contributed by atoms with Gasteiger partial charge in [-0.1, -0.05) is 0 Å². The molecule has 1 aliphatic heterocycles. The molecule has 1 heterocycles. The Kier molecular flexibility index (Phi) is 4.56. The molecule has 108 valence electrons. The Labute approximate surface area is 122 Å². The van der Waals surface area contributed by atoms with Crippen molar-refractivity contribution < 1.29 is 23.8 Å². The Balaban J connectivity index is 2.09. The molecule has 2 N–H and O–H groups in total. The number of nitrogens with one attached hydrogen (secondary N) is 1. The van der Waals surface area contributed by atoms with Gasteiger partial charge in [-0.15, -0.1) is 0 Å². The van der Waals surface area contributed by atoms with Gasteiger partial charge in [0.05, 0.1) is 17.7 Å². The van der Waals surface area contributed by atoms with Gasteiger partial charge in [-0.25, -0.2) is 14.0 Å². The number of nitrogens with zero attached hydrogens (tertiary/aromatic N) is 1. The summed E-state index contributed by atoms with van der Waals surface area (Å²) in [4.78, 5) is 24.3. The number of carbonyl (C=O) groups excluding carboxylic acids is 1. The lowest BCUT2D eigenvalue weighted by atomic mass is 10.2. The number of carbonyl (C=O) groups is 2. The minimum Gasteiger partial charge on any atom is -0.480 e. The third-order valence-electron chi connectivity index (χ3n) is 2.85. The number of amides is 2. The van der Waals surface area contributed by atoms with Crippen molar-refractivity contribution in [2.75, 3.05) is 25.1 Å². The molecule has 1 aromatic carbocycles. The van der Waals surface area contributed by atoms with E-state index in [-0.39, 0.29) is 29.9 Å². The number of hydrogen-bond donors (Lipinski definition) is 2. The van der Waals surface area contributed by atoms with Gasteiger partial charge in [-0.05, 0) is 34.1 Å². The third kappa shape index (κ3) is 3.26. The highest BCUT2D eigenvalue weighted by Gasteiger charge is 2.32. The number of ether oxygens (including phenoxy) is 1. The maximum Gasteiger partial charge on any atom is 0.328 e. The van der Waals surface area contributed by atoms with Crippen LogP contribution in [0.1, 0.15) is 0 Å². The number of carboxylic acids is 1. The summed E-state index contributed by atoms with van der Waals surface area (Å²) in [5.74, 6) is -1.65. The van der Waals surface area contributed by atoms with Crippen molar-refractivity contribution in [3.63, 3.8) is 0 Å². The summed E-state index contributed by atoms with van der Waals surface area (Å²) in [5, 5.41) is 11.5. The SMILES string of the molecule is O=C(O)C1COCCN1C(=O)Nc1ccc(Br)c(F)c1. The molecule has 1 aliphatic rings. The number of aliphatic carboxylic acids is 1. The van der Waals surface area contributed by atoms with Gasteiger partial charge in [0, 0.05) is 12.2 Å². The molecule has 8 heteroatoms. The highest BCUT2D eigenvalue weighted by Crippen LogP contribution is 2.20. The molecule has 1 saturated heterocycles. The number of halogens is 2. The van der Waals surface area contributed by atoms with E-state index in [1.54, 1.807) is 0 Å². The van der Waals surface area contributed by atoms with E-state index < -0.39 is 23.9 Å². The first kappa shape index (κ1) is 14.7. The Morgan fingerprint density at radius 2 is 2.25 bits per heavy atom. The van der Waals surface area contributed by atoms with E-state index in [1.165, 1.54) is 12.1 Å². The molecular weight excluding hydrogens is 335 g/mol. The van der Waals surface area contributed by atoms with E-state index in [9.17, 15) is 14.0 Å². The predicted octanol–water partition coefficient (Wildman–Crippen LogP) is 1.91. The zero-order chi connectivity index (χ0) is 14.7. The molecule has 1 atom stereocenters. The van der Waals surface area contributed by atoms with E-state index in [2.05, 4.69) is 21.2 Å². The zero-order valence-corrected chi connectivity index (χ0v) is 11.9. The molecule has 1 aromatic rings. The fraction of sp³-hybridized carbons (Fsp3) is 0.333. The monoisotopic (exact) mass is 346 g/mol. The van der Waals surface area contributed by atoms with Crippen molar-refractivity contribution in [3.8, 4) is 0 Å². The lowest BCUT2D eigenvalue weighted by Gasteiger charge is -2.32. The van der Waals surface area contributed by atoms with Gasteiger partial charge < -0.3 is 20.1 Å². The fourth-order valence-electron chi connectivity index (χ4n) is 1.82. The Hall–Kier alpha value is -1.67. The van der Waals surface area contributed by atoms with Crippen LogP contribution in [0.2, 0.25) is 0 Å². The van der Waals surface area contributed by atoms with Crippen LogP contribution < -0.4 is 5.32 Å². The normalized spacial score (nSPS) is 18.7. The molecule has 6 nitrogen and oxygen atoms in total. The third-order valence-corrected chi connectivity index (χ3v) is 3.49. The van der Waals surface area contributed by atoms with Crippen molar-refractivity contribution in [3.05, 3.63) is 28.5 Å². The average molecular weight is 347 g/mol. The van der Waals surface area contributed by atoms with Crippen LogP contribution in [0.4, 0.5) is 14.9 Å². The first-order valence-corrected chi connectivity index (χ1v) is 6.61. The van der Waals surface area contributed by atoms with E-state index in [1.807, 2.05) is 0 Å². The second kappa shape index (κ2) is 6.19. The molecule has 1 unspecified atom stereocenters. The van der Waals surface area contributed by atoms with Crippen molar-refractivity contribution >= 4 is 33.6 Å². The summed E-state index contributed by atoms with van der Waals surface area (Å²) >= 11 is 3.01. The Morgan fingerprint density at radius 3 is 2.90 bits per heavy atom. The molecule has 0 aliphatic carbocycles. The van der Waals surface area contributed by atoms with E-state index in [4.69, 9.17) is 9.84 Å². The summed E-state index contributed by atoms with van der Waals surface area (Å²) in [7, 11) is 0. The zero-order valence-electron chi connectivity index (χ0n) is 10.3. The molecule has 0 bridgehead atoms. The van der Waals surface area contributed by atoms with Crippen LogP contribution >= 0.6 is 15.9 Å². The summed E-state index contributed by atoms with van der Waals surface area (Å²) in [6.07, 6.45) is 0. The van der Waals surface area contributed by atoms with Gasteiger partial charge in [0.1, 0.15) is 5.82 Å². The molecule has 0 spiro atoms. The van der Waals surface area contributed by atoms with Gasteiger partial charge in [0.15, 0.2) is 6.04 Å². The molecular formula is C12H12BrFN2O4. The molecule has 0 aromatic heterocycles. The van der Waals surface area contributed by atoms with Crippen molar-refractivity contribution in [2.24, 2.45) is 0 Å². The number of urea groups is 1. The quantitative estimate of drug-likeness (QED) is 0.857. The van der Waals surface area contributed by atoms with E-state index >= 15 is 0 Å². The van der Waals surface area contributed by atoms with Gasteiger partial charge in [0.25, 0.3) is 0 Å². The Morgan fingerprint density at radius 1 is 1.50 bits per heavy atom. The Bertz CT molecular complexity index is 540. The number of anilines is 1. The molecule has 1 fully saturated rings. The standard InChI is InChI=1S/C12H12BrFN2O4/c13-8-2-1-7(5-9(8)14)15-12(19)16-3-4-20-6-10(16)11(17)18/h1-2,5,10H,3-4,6H2,(H,15,19)(H,17,18). The average Bonchev–Trinajstić information content (AvgIpc) is 2.43. The van der Waals surface area contributed by atoms with Crippen LogP contribution in [0.5, 0.6) is 0 Å². The molecule has 2 rings (SSSR count). The smallest absolute Gasteiger partial charge is 0.328 e. The first-order valence-electron chi connectivity index (χ1n) is 5.82. The van der Waals surface area contributed by atoms with Gasteiger partial charge in [-0.2, -0.15) is 0 Å². The van der Waals surface area contributed by atoms with Crippen LogP contribution in [0.15, 0.2) is 22.7 Å². The lowest BCUT2D eigenvalue weighted by molar-refractivity contribution is -0.147. The summed E-state index contributed by atoms with van der Waals surface area (Å²) in [6.45, 7) is 0.380. The lowest BCUT2D eigenvalue weighted by Crippen LogP contribution is -2.53. The summed E-state index contributed by atoms with van der Waals surface area (Å²) in [6, 6.07) is 2.49. The molecule has 0 radical (unpaired) electrons. The number of rotatable bonds is 2. The first-order chi connectivity index (χ1) is 9.49. The van der Waals surface area contributed by atoms with Crippen LogP contribution in [0, 0.1) is 5.82 Å². The number of carboxylic acid groups (broad SMARTS) is 1. The molecule has 2 amide bonds. The minimum absolute atomic E-state index is 0.0581. The van der Waals surface area contributed by atoms with E-state index in [0.29, 0.717) is 0 Å². The predicted molar refractivity (Wildman–Crippen MR) is 72.1 cm³/mol. The largest absolute Gasteiger partial charge is 0.480 e.